The summed E-state index contributed by atoms with van der Waals surface area (Å²) < 4.78 is 32.1. The van der Waals surface area contributed by atoms with Gasteiger partial charge in [-0.25, -0.2) is 13.1 Å². The van der Waals surface area contributed by atoms with E-state index >= 15 is 0 Å². The van der Waals surface area contributed by atoms with E-state index in [-0.39, 0.29) is 5.56 Å². The quantitative estimate of drug-likeness (QED) is 0.820. The average Bonchev–Trinajstić information content (AvgIpc) is 3.40. The minimum atomic E-state index is -3.57. The van der Waals surface area contributed by atoms with Crippen LogP contribution in [0.4, 0.5) is 0 Å². The predicted molar refractivity (Wildman–Crippen MR) is 106 cm³/mol. The van der Waals surface area contributed by atoms with Crippen LogP contribution in [0.5, 0.6) is 5.75 Å². The Kier molecular flexibility index (Phi) is 5.29. The molecule has 1 saturated carbocycles. The van der Waals surface area contributed by atoms with Gasteiger partial charge in [-0.1, -0.05) is 23.8 Å². The first-order valence-electron chi connectivity index (χ1n) is 9.03. The molecule has 0 aromatic heterocycles. The van der Waals surface area contributed by atoms with Crippen molar-refractivity contribution in [1.82, 2.24) is 4.72 Å². The largest absolute Gasteiger partial charge is 0.489 e. The van der Waals surface area contributed by atoms with Crippen molar-refractivity contribution < 1.29 is 17.9 Å². The predicted octanol–water partition coefficient (Wildman–Crippen LogP) is 3.72. The van der Waals surface area contributed by atoms with E-state index in [0.717, 1.165) is 22.3 Å². The fourth-order valence-corrected chi connectivity index (χ4v) is 4.43. The molecule has 1 fully saturated rings. The van der Waals surface area contributed by atoms with Crippen molar-refractivity contribution in [2.75, 3.05) is 0 Å². The summed E-state index contributed by atoms with van der Waals surface area (Å²) in [5.41, 5.74) is 5.81. The third kappa shape index (κ3) is 4.50. The molecule has 0 radical (unpaired) electrons. The molecular weight excluding hydrogens is 362 g/mol. The lowest BCUT2D eigenvalue weighted by Crippen LogP contribution is -2.33. The number of amides is 1. The van der Waals surface area contributed by atoms with Gasteiger partial charge in [-0.3, -0.25) is 4.79 Å². The van der Waals surface area contributed by atoms with Crippen LogP contribution in [0.1, 0.15) is 51.0 Å². The summed E-state index contributed by atoms with van der Waals surface area (Å²) in [4.78, 5) is 12.3. The number of hydrogen-bond donors (Lipinski definition) is 1. The molecule has 3 rings (SSSR count). The van der Waals surface area contributed by atoms with Gasteiger partial charge in [0.1, 0.15) is 12.4 Å². The second kappa shape index (κ2) is 7.35. The lowest BCUT2D eigenvalue weighted by atomic mass is 10.0. The third-order valence-electron chi connectivity index (χ3n) is 4.86. The highest BCUT2D eigenvalue weighted by molar-refractivity contribution is 7.91. The van der Waals surface area contributed by atoms with Crippen LogP contribution >= 0.6 is 0 Å². The van der Waals surface area contributed by atoms with E-state index in [2.05, 4.69) is 37.6 Å². The van der Waals surface area contributed by atoms with E-state index in [0.29, 0.717) is 25.2 Å². The number of benzene rings is 2. The molecule has 2 aromatic rings. The lowest BCUT2D eigenvalue weighted by molar-refractivity contribution is 0.0981. The van der Waals surface area contributed by atoms with Gasteiger partial charge in [-0.15, -0.1) is 0 Å². The lowest BCUT2D eigenvalue weighted by Gasteiger charge is -2.15. The molecule has 5 nitrogen and oxygen atoms in total. The number of aryl methyl sites for hydroxylation is 4. The summed E-state index contributed by atoms with van der Waals surface area (Å²) in [6, 6.07) is 9.22. The first-order valence-corrected chi connectivity index (χ1v) is 10.6. The number of rotatable bonds is 6. The van der Waals surface area contributed by atoms with Crippen LogP contribution in [0.3, 0.4) is 0 Å². The summed E-state index contributed by atoms with van der Waals surface area (Å²) in [7, 11) is -3.57. The van der Waals surface area contributed by atoms with Crippen LogP contribution in [-0.4, -0.2) is 19.6 Å². The molecule has 0 unspecified atom stereocenters. The van der Waals surface area contributed by atoms with Gasteiger partial charge in [0.2, 0.25) is 10.0 Å². The van der Waals surface area contributed by atoms with Crippen LogP contribution in [0.25, 0.3) is 0 Å². The van der Waals surface area contributed by atoms with Gasteiger partial charge in [0.05, 0.1) is 5.25 Å². The molecule has 1 amide bonds. The molecule has 6 heteroatoms. The van der Waals surface area contributed by atoms with E-state index in [4.69, 9.17) is 4.74 Å². The number of nitrogens with one attached hydrogen (secondary N) is 1. The Balaban J connectivity index is 1.77. The summed E-state index contributed by atoms with van der Waals surface area (Å²) in [5.74, 6) is -0.0414. The molecule has 144 valence electrons. The van der Waals surface area contributed by atoms with Gasteiger partial charge in [0.15, 0.2) is 0 Å². The summed E-state index contributed by atoms with van der Waals surface area (Å²) >= 11 is 0. The molecule has 0 atom stereocenters. The van der Waals surface area contributed by atoms with Gasteiger partial charge >= 0.3 is 0 Å². The Labute approximate surface area is 160 Å². The first-order chi connectivity index (χ1) is 12.7. The summed E-state index contributed by atoms with van der Waals surface area (Å²) in [6.07, 6.45) is 1.22. The highest BCUT2D eigenvalue weighted by Crippen LogP contribution is 2.28. The first kappa shape index (κ1) is 19.4. The molecule has 0 aliphatic heterocycles. The van der Waals surface area contributed by atoms with Crippen molar-refractivity contribution in [2.45, 2.75) is 52.4 Å². The zero-order chi connectivity index (χ0) is 19.8. The maximum atomic E-state index is 12.3. The Morgan fingerprint density at radius 3 is 2.26 bits per heavy atom. The van der Waals surface area contributed by atoms with E-state index in [1.807, 2.05) is 6.92 Å². The van der Waals surface area contributed by atoms with E-state index < -0.39 is 21.2 Å². The normalized spacial score (nSPS) is 14.1. The van der Waals surface area contributed by atoms with Crippen LogP contribution < -0.4 is 9.46 Å². The van der Waals surface area contributed by atoms with Crippen LogP contribution in [0.15, 0.2) is 30.3 Å². The van der Waals surface area contributed by atoms with Gasteiger partial charge in [0, 0.05) is 5.56 Å². The number of sulfonamides is 1. The molecule has 0 heterocycles. The van der Waals surface area contributed by atoms with Crippen molar-refractivity contribution in [1.29, 1.82) is 0 Å². The topological polar surface area (TPSA) is 72.5 Å². The Bertz CT molecular complexity index is 968. The van der Waals surface area contributed by atoms with Crippen molar-refractivity contribution in [3.05, 3.63) is 63.7 Å². The molecule has 1 N–H and O–H groups in total. The molecule has 0 spiro atoms. The number of carbonyl (C=O) groups excluding carboxylic acids is 1. The smallest absolute Gasteiger partial charge is 0.264 e. The molecular formula is C21H25NO4S. The van der Waals surface area contributed by atoms with Gasteiger partial charge in [-0.05, 0) is 74.9 Å². The van der Waals surface area contributed by atoms with Crippen molar-refractivity contribution in [3.63, 3.8) is 0 Å². The minimum absolute atomic E-state index is 0.275. The molecule has 0 saturated heterocycles. The maximum Gasteiger partial charge on any atom is 0.264 e. The van der Waals surface area contributed by atoms with Crippen molar-refractivity contribution >= 4 is 15.9 Å². The fraction of sp³-hybridized carbons (Fsp3) is 0.381. The number of ether oxygens (including phenoxy) is 1. The van der Waals surface area contributed by atoms with Crippen molar-refractivity contribution in [2.24, 2.45) is 0 Å². The molecule has 1 aliphatic rings. The highest BCUT2D eigenvalue weighted by Gasteiger charge is 2.37. The van der Waals surface area contributed by atoms with Crippen LogP contribution in [0.2, 0.25) is 0 Å². The summed E-state index contributed by atoms with van der Waals surface area (Å²) in [6.45, 7) is 8.46. The third-order valence-corrected chi connectivity index (χ3v) is 6.68. The van der Waals surface area contributed by atoms with Crippen LogP contribution in [-0.2, 0) is 16.6 Å². The zero-order valence-corrected chi connectivity index (χ0v) is 16.9. The SMILES string of the molecule is Cc1cc(C)c(COc2cc(C(=O)NS(=O)(=O)C3CC3)ccc2C)c(C)c1. The Morgan fingerprint density at radius 1 is 1.04 bits per heavy atom. The van der Waals surface area contributed by atoms with Gasteiger partial charge in [0.25, 0.3) is 5.91 Å². The molecule has 0 bridgehead atoms. The minimum Gasteiger partial charge on any atom is -0.489 e. The van der Waals surface area contributed by atoms with Crippen LogP contribution in [0, 0.1) is 27.7 Å². The molecule has 1 aliphatic carbocycles. The van der Waals surface area contributed by atoms with Gasteiger partial charge in [-0.2, -0.15) is 0 Å². The second-order valence-electron chi connectivity index (χ2n) is 7.32. The highest BCUT2D eigenvalue weighted by atomic mass is 32.2. The van der Waals surface area contributed by atoms with E-state index in [1.54, 1.807) is 18.2 Å². The number of hydrogen-bond acceptors (Lipinski definition) is 4. The fourth-order valence-electron chi connectivity index (χ4n) is 3.13. The molecule has 2 aromatic carbocycles. The monoisotopic (exact) mass is 387 g/mol. The van der Waals surface area contributed by atoms with Gasteiger partial charge < -0.3 is 4.74 Å². The summed E-state index contributed by atoms with van der Waals surface area (Å²) in [5, 5.41) is -0.435. The number of carbonyl (C=O) groups is 1. The molecule has 27 heavy (non-hydrogen) atoms. The second-order valence-corrected chi connectivity index (χ2v) is 9.28. The Hall–Kier alpha value is -2.34. The van der Waals surface area contributed by atoms with Crippen molar-refractivity contribution in [3.8, 4) is 5.75 Å². The average molecular weight is 388 g/mol. The maximum absolute atomic E-state index is 12.3. The standard InChI is InChI=1S/C21H25NO4S/c1-13-9-15(3)19(16(4)10-13)12-26-20-11-17(6-5-14(20)2)21(23)22-27(24,25)18-7-8-18/h5-6,9-11,18H,7-8,12H2,1-4H3,(H,22,23). The Morgan fingerprint density at radius 2 is 1.67 bits per heavy atom. The van der Waals surface area contributed by atoms with E-state index in [9.17, 15) is 13.2 Å². The zero-order valence-electron chi connectivity index (χ0n) is 16.1. The van der Waals surface area contributed by atoms with E-state index in [1.165, 1.54) is 5.56 Å².